The fourth-order valence-electron chi connectivity index (χ4n) is 0.309. The summed E-state index contributed by atoms with van der Waals surface area (Å²) < 4.78 is 14.8. The van der Waals surface area contributed by atoms with Crippen molar-refractivity contribution >= 4 is 9.17 Å². The molecule has 1 N–H and O–H groups in total. The van der Waals surface area contributed by atoms with Gasteiger partial charge < -0.3 is 9.22 Å². The summed E-state index contributed by atoms with van der Waals surface area (Å²) in [5.74, 6) is 0. The van der Waals surface area contributed by atoms with E-state index in [-0.39, 0.29) is 0 Å². The van der Waals surface area contributed by atoms with Crippen molar-refractivity contribution in [2.45, 2.75) is 32.8 Å². The van der Waals surface area contributed by atoms with Crippen LogP contribution in [-0.2, 0) is 8.89 Å². The molecule has 3 nitrogen and oxygen atoms in total. The summed E-state index contributed by atoms with van der Waals surface area (Å²) >= 11 is 0. The Bertz CT molecular complexity index is 111. The lowest BCUT2D eigenvalue weighted by atomic mass is 10.1. The summed E-state index contributed by atoms with van der Waals surface area (Å²) in [6.07, 6.45) is 0.740. The van der Waals surface area contributed by atoms with Gasteiger partial charge in [-0.05, 0) is 20.3 Å². The number of hydrogen-bond donors (Lipinski definition) is 1. The largest absolute Gasteiger partial charge is 0.765 e. The van der Waals surface area contributed by atoms with Gasteiger partial charge >= 0.3 is 9.17 Å². The Kier molecular flexibility index (Phi) is 2.83. The topological polar surface area (TPSA) is 46.5 Å². The minimum atomic E-state index is -2.75. The van der Waals surface area contributed by atoms with Gasteiger partial charge in [0.25, 0.3) is 0 Å². The lowest BCUT2D eigenvalue weighted by Crippen LogP contribution is -2.27. The van der Waals surface area contributed by atoms with Crippen LogP contribution >= 0.6 is 0 Å². The van der Waals surface area contributed by atoms with E-state index in [2.05, 4.69) is 4.43 Å². The quantitative estimate of drug-likeness (QED) is 0.596. The highest BCUT2D eigenvalue weighted by atomic mass is 28.3. The Morgan fingerprint density at radius 3 is 2.22 bits per heavy atom. The third-order valence-electron chi connectivity index (χ3n) is 1.22. The molecular formula is C5H12O3Si. The molecule has 0 atom stereocenters. The highest BCUT2D eigenvalue weighted by molar-refractivity contribution is 6.24. The zero-order valence-corrected chi connectivity index (χ0v) is 6.97. The van der Waals surface area contributed by atoms with Crippen molar-refractivity contribution < 1.29 is 13.7 Å². The predicted molar refractivity (Wildman–Crippen MR) is 34.1 cm³/mol. The Hall–Kier alpha value is -0.383. The van der Waals surface area contributed by atoms with Crippen LogP contribution in [0.5, 0.6) is 0 Å². The molecule has 0 aliphatic carbocycles. The highest BCUT2D eigenvalue weighted by Gasteiger charge is 2.21. The summed E-state index contributed by atoms with van der Waals surface area (Å²) in [4.78, 5) is 8.34. The second kappa shape index (κ2) is 2.96. The van der Waals surface area contributed by atoms with E-state index in [9.17, 15) is 4.46 Å². The van der Waals surface area contributed by atoms with Gasteiger partial charge in [-0.1, -0.05) is 6.92 Å². The molecule has 0 aliphatic heterocycles. The van der Waals surface area contributed by atoms with E-state index in [1.54, 1.807) is 13.8 Å². The molecule has 0 saturated heterocycles. The third kappa shape index (κ3) is 4.14. The molecule has 0 aliphatic rings. The van der Waals surface area contributed by atoms with Crippen molar-refractivity contribution in [1.29, 1.82) is 0 Å². The van der Waals surface area contributed by atoms with E-state index in [4.69, 9.17) is 4.80 Å². The maximum Gasteiger partial charge on any atom is 0.765 e. The van der Waals surface area contributed by atoms with Gasteiger partial charge in [-0.25, -0.2) is 0 Å². The van der Waals surface area contributed by atoms with E-state index in [0.29, 0.717) is 0 Å². The molecule has 54 valence electrons. The standard InChI is InChI=1S/C5H12O3Si/c1-4-5(2,3)8-9(6)7/h6H,4H2,1-3H3. The average molecular weight is 148 g/mol. The van der Waals surface area contributed by atoms with Gasteiger partial charge in [-0.2, -0.15) is 0 Å². The molecule has 0 heterocycles. The second-order valence-electron chi connectivity index (χ2n) is 2.48. The van der Waals surface area contributed by atoms with Crippen LogP contribution in [-0.4, -0.2) is 19.6 Å². The zero-order valence-electron chi connectivity index (χ0n) is 5.97. The van der Waals surface area contributed by atoms with Gasteiger partial charge in [0.15, 0.2) is 0 Å². The fraction of sp³-hybridized carbons (Fsp3) is 1.00. The summed E-state index contributed by atoms with van der Waals surface area (Å²) in [5, 5.41) is 0. The van der Waals surface area contributed by atoms with Crippen molar-refractivity contribution in [3.63, 3.8) is 0 Å². The molecule has 0 unspecified atom stereocenters. The summed E-state index contributed by atoms with van der Waals surface area (Å²) in [6, 6.07) is 0. The lowest BCUT2D eigenvalue weighted by molar-refractivity contribution is 0.0669. The molecule has 0 aromatic carbocycles. The van der Waals surface area contributed by atoms with Crippen LogP contribution in [0.4, 0.5) is 0 Å². The predicted octanol–water partition coefficient (Wildman–Crippen LogP) is 0.599. The zero-order chi connectivity index (χ0) is 7.49. The van der Waals surface area contributed by atoms with Crippen LogP contribution in [0.3, 0.4) is 0 Å². The molecule has 0 aromatic rings. The normalized spacial score (nSPS) is 11.0. The van der Waals surface area contributed by atoms with Crippen molar-refractivity contribution in [1.82, 2.24) is 0 Å². The molecule has 0 bridgehead atoms. The van der Waals surface area contributed by atoms with Gasteiger partial charge in [0.05, 0.1) is 5.60 Å². The maximum absolute atomic E-state index is 10.1. The fourth-order valence-corrected chi connectivity index (χ4v) is 0.926. The number of hydrogen-bond acceptors (Lipinski definition) is 2. The maximum atomic E-state index is 10.1. The average Bonchev–Trinajstić information content (AvgIpc) is 1.63. The van der Waals surface area contributed by atoms with E-state index < -0.39 is 14.8 Å². The Labute approximate surface area is 56.6 Å². The van der Waals surface area contributed by atoms with E-state index in [1.807, 2.05) is 6.92 Å². The first-order chi connectivity index (χ1) is 3.98. The van der Waals surface area contributed by atoms with Crippen molar-refractivity contribution in [2.24, 2.45) is 0 Å². The van der Waals surface area contributed by atoms with Crippen LogP contribution in [0, 0.1) is 0 Å². The van der Waals surface area contributed by atoms with Crippen molar-refractivity contribution in [3.05, 3.63) is 0 Å². The van der Waals surface area contributed by atoms with Crippen LogP contribution in [0.2, 0.25) is 0 Å². The van der Waals surface area contributed by atoms with E-state index in [0.717, 1.165) is 6.42 Å². The molecule has 0 amide bonds. The summed E-state index contributed by atoms with van der Waals surface area (Å²) in [7, 11) is -2.75. The Morgan fingerprint density at radius 2 is 2.11 bits per heavy atom. The van der Waals surface area contributed by atoms with Crippen LogP contribution in [0.15, 0.2) is 0 Å². The van der Waals surface area contributed by atoms with Crippen LogP contribution in [0.1, 0.15) is 27.2 Å². The van der Waals surface area contributed by atoms with E-state index in [1.165, 1.54) is 0 Å². The van der Waals surface area contributed by atoms with Crippen molar-refractivity contribution in [2.75, 3.05) is 0 Å². The first kappa shape index (κ1) is 8.62. The van der Waals surface area contributed by atoms with Crippen molar-refractivity contribution in [3.8, 4) is 0 Å². The van der Waals surface area contributed by atoms with Crippen LogP contribution < -0.4 is 0 Å². The second-order valence-corrected chi connectivity index (χ2v) is 3.22. The Morgan fingerprint density at radius 1 is 1.67 bits per heavy atom. The first-order valence-electron chi connectivity index (χ1n) is 2.90. The molecule has 9 heavy (non-hydrogen) atoms. The van der Waals surface area contributed by atoms with Crippen LogP contribution in [0.25, 0.3) is 0 Å². The molecule has 0 saturated carbocycles. The third-order valence-corrected chi connectivity index (χ3v) is 1.94. The SMILES string of the molecule is CCC(C)(C)O[Si](=O)O. The van der Waals surface area contributed by atoms with Gasteiger partial charge in [-0.15, -0.1) is 0 Å². The molecule has 4 heteroatoms. The molecule has 0 fully saturated rings. The van der Waals surface area contributed by atoms with Gasteiger partial charge in [0.2, 0.25) is 0 Å². The number of rotatable bonds is 3. The first-order valence-corrected chi connectivity index (χ1v) is 4.16. The minimum Gasteiger partial charge on any atom is -0.511 e. The van der Waals surface area contributed by atoms with Gasteiger partial charge in [0.1, 0.15) is 0 Å². The Balaban J connectivity index is 3.71. The molecule has 0 rings (SSSR count). The monoisotopic (exact) mass is 148 g/mol. The van der Waals surface area contributed by atoms with Gasteiger partial charge in [0, 0.05) is 0 Å². The minimum absolute atomic E-state index is 0.454. The smallest absolute Gasteiger partial charge is 0.511 e. The molecule has 0 aromatic heterocycles. The molecule has 0 spiro atoms. The summed E-state index contributed by atoms with van der Waals surface area (Å²) in [6.45, 7) is 5.47. The van der Waals surface area contributed by atoms with Gasteiger partial charge in [-0.3, -0.25) is 4.46 Å². The van der Waals surface area contributed by atoms with E-state index >= 15 is 0 Å². The lowest BCUT2D eigenvalue weighted by Gasteiger charge is -2.21. The summed E-state index contributed by atoms with van der Waals surface area (Å²) in [5.41, 5.74) is -0.454. The molecule has 0 radical (unpaired) electrons. The highest BCUT2D eigenvalue weighted by Crippen LogP contribution is 2.11. The molecular weight excluding hydrogens is 136 g/mol.